The van der Waals surface area contributed by atoms with Gasteiger partial charge in [-0.05, 0) is 17.5 Å². The molecule has 2 aromatic rings. The number of hydrogen-bond donors (Lipinski definition) is 1. The SMILES string of the molecule is COCc1ccc(CN2CCC(O)(Cn3ccnn3)C2)cc1. The molecule has 1 aromatic heterocycles. The maximum absolute atomic E-state index is 10.7. The van der Waals surface area contributed by atoms with E-state index in [9.17, 15) is 5.11 Å². The fraction of sp³-hybridized carbons (Fsp3) is 0.500. The predicted molar refractivity (Wildman–Crippen MR) is 82.0 cm³/mol. The zero-order valence-corrected chi connectivity index (χ0v) is 12.9. The Bertz CT molecular complexity index is 585. The van der Waals surface area contributed by atoms with Gasteiger partial charge in [0.15, 0.2) is 0 Å². The summed E-state index contributed by atoms with van der Waals surface area (Å²) >= 11 is 0. The van der Waals surface area contributed by atoms with E-state index in [-0.39, 0.29) is 0 Å². The quantitative estimate of drug-likeness (QED) is 0.864. The highest BCUT2D eigenvalue weighted by atomic mass is 16.5. The Morgan fingerprint density at radius 3 is 2.73 bits per heavy atom. The molecule has 1 aliphatic rings. The second-order valence-electron chi connectivity index (χ2n) is 6.04. The minimum Gasteiger partial charge on any atom is -0.387 e. The molecule has 22 heavy (non-hydrogen) atoms. The van der Waals surface area contributed by atoms with E-state index in [1.807, 2.05) is 0 Å². The summed E-state index contributed by atoms with van der Waals surface area (Å²) in [5, 5.41) is 18.4. The number of methoxy groups -OCH3 is 1. The molecule has 6 heteroatoms. The van der Waals surface area contributed by atoms with E-state index in [0.29, 0.717) is 19.7 Å². The van der Waals surface area contributed by atoms with E-state index >= 15 is 0 Å². The summed E-state index contributed by atoms with van der Waals surface area (Å²) in [7, 11) is 1.70. The third-order valence-electron chi connectivity index (χ3n) is 4.08. The average Bonchev–Trinajstić information content (AvgIpc) is 3.12. The summed E-state index contributed by atoms with van der Waals surface area (Å²) in [6.07, 6.45) is 4.18. The first-order chi connectivity index (χ1) is 10.7. The molecule has 1 atom stereocenters. The van der Waals surface area contributed by atoms with Crippen LogP contribution in [0.4, 0.5) is 0 Å². The molecule has 6 nitrogen and oxygen atoms in total. The van der Waals surface area contributed by atoms with Crippen molar-refractivity contribution in [2.45, 2.75) is 31.7 Å². The maximum atomic E-state index is 10.7. The van der Waals surface area contributed by atoms with Crippen LogP contribution in [0.5, 0.6) is 0 Å². The highest BCUT2D eigenvalue weighted by Gasteiger charge is 2.36. The van der Waals surface area contributed by atoms with Crippen molar-refractivity contribution in [1.29, 1.82) is 0 Å². The molecule has 3 rings (SSSR count). The third kappa shape index (κ3) is 3.71. The van der Waals surface area contributed by atoms with Gasteiger partial charge in [0, 0.05) is 32.9 Å². The number of rotatable bonds is 6. The highest BCUT2D eigenvalue weighted by molar-refractivity contribution is 5.22. The second-order valence-corrected chi connectivity index (χ2v) is 6.04. The van der Waals surface area contributed by atoms with Gasteiger partial charge in [-0.2, -0.15) is 0 Å². The zero-order chi connectivity index (χ0) is 15.4. The first kappa shape index (κ1) is 15.1. The van der Waals surface area contributed by atoms with Crippen molar-refractivity contribution in [3.05, 3.63) is 47.8 Å². The molecule has 1 fully saturated rings. The van der Waals surface area contributed by atoms with Crippen molar-refractivity contribution in [1.82, 2.24) is 19.9 Å². The molecule has 0 spiro atoms. The van der Waals surface area contributed by atoms with Crippen LogP contribution >= 0.6 is 0 Å². The van der Waals surface area contributed by atoms with E-state index in [4.69, 9.17) is 4.74 Å². The second kappa shape index (κ2) is 6.56. The molecule has 2 heterocycles. The minimum atomic E-state index is -0.719. The molecule has 1 aromatic carbocycles. The van der Waals surface area contributed by atoms with Crippen molar-refractivity contribution >= 4 is 0 Å². The molecule has 1 N–H and O–H groups in total. The molecule has 1 aliphatic heterocycles. The van der Waals surface area contributed by atoms with Crippen LogP contribution in [-0.2, 0) is 24.4 Å². The van der Waals surface area contributed by atoms with Gasteiger partial charge in [0.2, 0.25) is 0 Å². The Morgan fingerprint density at radius 1 is 1.27 bits per heavy atom. The first-order valence-corrected chi connectivity index (χ1v) is 7.52. The summed E-state index contributed by atoms with van der Waals surface area (Å²) in [5.74, 6) is 0. The van der Waals surface area contributed by atoms with Crippen LogP contribution in [0.15, 0.2) is 36.7 Å². The Labute approximate surface area is 130 Å². The summed E-state index contributed by atoms with van der Waals surface area (Å²) in [4.78, 5) is 2.28. The molecular weight excluding hydrogens is 280 g/mol. The number of aliphatic hydroxyl groups is 1. The number of hydrogen-bond acceptors (Lipinski definition) is 5. The number of likely N-dealkylation sites (tertiary alicyclic amines) is 1. The highest BCUT2D eigenvalue weighted by Crippen LogP contribution is 2.24. The lowest BCUT2D eigenvalue weighted by Gasteiger charge is -2.23. The smallest absolute Gasteiger partial charge is 0.0981 e. The molecule has 1 saturated heterocycles. The van der Waals surface area contributed by atoms with Gasteiger partial charge in [-0.25, -0.2) is 4.68 Å². The third-order valence-corrected chi connectivity index (χ3v) is 4.08. The number of β-amino-alcohol motifs (C(OH)–C–C–N with tert-alkyl or cyclic N) is 1. The van der Waals surface area contributed by atoms with E-state index in [2.05, 4.69) is 39.5 Å². The summed E-state index contributed by atoms with van der Waals surface area (Å²) in [6, 6.07) is 8.44. The minimum absolute atomic E-state index is 0.496. The van der Waals surface area contributed by atoms with Gasteiger partial charge in [-0.15, -0.1) is 5.10 Å². The fourth-order valence-electron chi connectivity index (χ4n) is 2.99. The molecule has 1 unspecified atom stereocenters. The Kier molecular flexibility index (Phi) is 4.52. The van der Waals surface area contributed by atoms with Gasteiger partial charge in [0.05, 0.1) is 24.9 Å². The molecule has 0 bridgehead atoms. The van der Waals surface area contributed by atoms with Crippen LogP contribution in [0.25, 0.3) is 0 Å². The average molecular weight is 302 g/mol. The zero-order valence-electron chi connectivity index (χ0n) is 12.9. The van der Waals surface area contributed by atoms with Crippen molar-refractivity contribution < 1.29 is 9.84 Å². The van der Waals surface area contributed by atoms with Crippen LogP contribution in [0.3, 0.4) is 0 Å². The normalized spacial score (nSPS) is 22.3. The summed E-state index contributed by atoms with van der Waals surface area (Å²) < 4.78 is 6.82. The van der Waals surface area contributed by atoms with E-state index in [1.54, 1.807) is 24.2 Å². The van der Waals surface area contributed by atoms with Crippen LogP contribution in [-0.4, -0.2) is 50.8 Å². The van der Waals surface area contributed by atoms with Crippen LogP contribution < -0.4 is 0 Å². The Morgan fingerprint density at radius 2 is 2.05 bits per heavy atom. The van der Waals surface area contributed by atoms with Crippen molar-refractivity contribution in [2.75, 3.05) is 20.2 Å². The predicted octanol–water partition coefficient (Wildman–Crippen LogP) is 1.06. The van der Waals surface area contributed by atoms with E-state index < -0.39 is 5.60 Å². The standard InChI is InChI=1S/C16H22N4O2/c1-22-11-15-4-2-14(3-5-15)10-19-8-6-16(21,12-19)13-20-9-7-17-18-20/h2-5,7,9,21H,6,8,10-13H2,1H3. The van der Waals surface area contributed by atoms with Crippen molar-refractivity contribution in [3.63, 3.8) is 0 Å². The van der Waals surface area contributed by atoms with Gasteiger partial charge < -0.3 is 9.84 Å². The topological polar surface area (TPSA) is 63.4 Å². The monoisotopic (exact) mass is 302 g/mol. The van der Waals surface area contributed by atoms with Gasteiger partial charge in [-0.3, -0.25) is 4.90 Å². The van der Waals surface area contributed by atoms with Crippen molar-refractivity contribution in [3.8, 4) is 0 Å². The van der Waals surface area contributed by atoms with Crippen LogP contribution in [0.2, 0.25) is 0 Å². The number of nitrogens with zero attached hydrogens (tertiary/aromatic N) is 4. The van der Waals surface area contributed by atoms with Crippen molar-refractivity contribution in [2.24, 2.45) is 0 Å². The lowest BCUT2D eigenvalue weighted by molar-refractivity contribution is 0.0274. The first-order valence-electron chi connectivity index (χ1n) is 7.52. The van der Waals surface area contributed by atoms with E-state index in [0.717, 1.165) is 19.5 Å². The van der Waals surface area contributed by atoms with E-state index in [1.165, 1.54) is 11.1 Å². The van der Waals surface area contributed by atoms with Crippen LogP contribution in [0.1, 0.15) is 17.5 Å². The number of ether oxygens (including phenoxy) is 1. The molecule has 0 aliphatic carbocycles. The number of aromatic nitrogens is 3. The fourth-order valence-corrected chi connectivity index (χ4v) is 2.99. The lowest BCUT2D eigenvalue weighted by Crippen LogP contribution is -2.37. The molecule has 118 valence electrons. The lowest BCUT2D eigenvalue weighted by atomic mass is 10.0. The summed E-state index contributed by atoms with van der Waals surface area (Å²) in [5.41, 5.74) is 1.71. The van der Waals surface area contributed by atoms with Gasteiger partial charge in [-0.1, -0.05) is 29.5 Å². The van der Waals surface area contributed by atoms with Crippen LogP contribution in [0, 0.1) is 0 Å². The molecule has 0 saturated carbocycles. The molecule has 0 radical (unpaired) electrons. The molecular formula is C16H22N4O2. The number of benzene rings is 1. The largest absolute Gasteiger partial charge is 0.387 e. The Balaban J connectivity index is 1.56. The maximum Gasteiger partial charge on any atom is 0.0981 e. The van der Waals surface area contributed by atoms with Gasteiger partial charge in [0.25, 0.3) is 0 Å². The summed E-state index contributed by atoms with van der Waals surface area (Å²) in [6.45, 7) is 3.54. The van der Waals surface area contributed by atoms with Gasteiger partial charge >= 0.3 is 0 Å². The van der Waals surface area contributed by atoms with Gasteiger partial charge in [0.1, 0.15) is 0 Å². The Hall–Kier alpha value is -1.76. The molecule has 0 amide bonds.